The molecule has 1 atom stereocenters. The van der Waals surface area contributed by atoms with Crippen LogP contribution in [-0.2, 0) is 7.57 Å². The fraction of sp³-hybridized carbons (Fsp3) is 0. The van der Waals surface area contributed by atoms with Gasteiger partial charge in [-0.15, -0.1) is 0 Å². The molecule has 1 unspecified atom stereocenters. The van der Waals surface area contributed by atoms with Gasteiger partial charge in [0.25, 0.3) is 0 Å². The molecule has 1 rings (SSSR count). The third kappa shape index (κ3) is 2.92. The van der Waals surface area contributed by atoms with E-state index in [0.717, 1.165) is 0 Å². The molecule has 2 amide bonds. The first-order valence-electron chi connectivity index (χ1n) is 3.65. The van der Waals surface area contributed by atoms with Crippen LogP contribution in [0, 0.1) is 0 Å². The van der Waals surface area contributed by atoms with Crippen LogP contribution in [0.15, 0.2) is 30.3 Å². The van der Waals surface area contributed by atoms with Gasteiger partial charge in [-0.05, 0) is 0 Å². The summed E-state index contributed by atoms with van der Waals surface area (Å²) >= 11 is -4.65. The van der Waals surface area contributed by atoms with Gasteiger partial charge in [0.05, 0.1) is 0 Å². The number of carbonyl (C=O) groups is 1. The van der Waals surface area contributed by atoms with Crippen molar-refractivity contribution < 1.29 is 16.5 Å². The molecular weight excluding hydrogens is 251 g/mol. The zero-order chi connectivity index (χ0) is 10.6. The van der Waals surface area contributed by atoms with Crippen molar-refractivity contribution in [2.45, 2.75) is 0 Å². The maximum atomic E-state index is 11.4. The number of primary amides is 1. The Hall–Kier alpha value is -1.23. The zero-order valence-electron chi connectivity index (χ0n) is 7.08. The van der Waals surface area contributed by atoms with E-state index in [1.165, 1.54) is 12.1 Å². The van der Waals surface area contributed by atoms with E-state index in [0.29, 0.717) is 0 Å². The van der Waals surface area contributed by atoms with Gasteiger partial charge in [-0.1, -0.05) is 0 Å². The molecule has 0 radical (unpaired) electrons. The Labute approximate surface area is 83.0 Å². The molecule has 4 N–H and O–H groups in total. The standard InChI is InChI=1S/C7H9AsN2O4/c9-7(11)10-14-8(12,13)6-4-2-1-3-5-6/h1-5H,(H,12,13)(H3,9,10,11). The molecule has 14 heavy (non-hydrogen) atoms. The van der Waals surface area contributed by atoms with E-state index in [1.54, 1.807) is 23.7 Å². The Kier molecular flexibility index (Phi) is 3.35. The predicted octanol–water partition coefficient (Wildman–Crippen LogP) is -1.14. The minimum absolute atomic E-state index is 0.138. The summed E-state index contributed by atoms with van der Waals surface area (Å²) in [6, 6.07) is 6.73. The van der Waals surface area contributed by atoms with E-state index < -0.39 is 20.2 Å². The first-order valence-corrected chi connectivity index (χ1v) is 6.96. The van der Waals surface area contributed by atoms with Crippen molar-refractivity contribution in [2.75, 3.05) is 0 Å². The molecule has 1 aromatic carbocycles. The molecule has 7 heteroatoms. The van der Waals surface area contributed by atoms with E-state index in [4.69, 9.17) is 0 Å². The van der Waals surface area contributed by atoms with Gasteiger partial charge in [0, 0.05) is 0 Å². The molecule has 0 bridgehead atoms. The fourth-order valence-electron chi connectivity index (χ4n) is 0.776. The van der Waals surface area contributed by atoms with E-state index in [1.807, 2.05) is 0 Å². The number of hydrogen-bond acceptors (Lipinski definition) is 3. The van der Waals surface area contributed by atoms with Crippen LogP contribution in [-0.4, -0.2) is 24.3 Å². The van der Waals surface area contributed by atoms with Gasteiger partial charge >= 0.3 is 82.6 Å². The third-order valence-corrected chi connectivity index (χ3v) is 4.06. The second-order valence-electron chi connectivity index (χ2n) is 2.41. The molecule has 0 aliphatic heterocycles. The molecule has 0 aromatic heterocycles. The SMILES string of the molecule is NC(=O)NO[As](=O)(O)c1ccccc1. The normalized spacial score (nSPS) is 14.4. The Balaban J connectivity index is 2.76. The van der Waals surface area contributed by atoms with Gasteiger partial charge in [0.15, 0.2) is 0 Å². The zero-order valence-corrected chi connectivity index (χ0v) is 8.96. The number of nitrogens with one attached hydrogen (secondary N) is 1. The molecule has 0 spiro atoms. The average molecular weight is 260 g/mol. The summed E-state index contributed by atoms with van der Waals surface area (Å²) in [6.45, 7) is 0. The Morgan fingerprint density at radius 1 is 1.43 bits per heavy atom. The average Bonchev–Trinajstić information content (AvgIpc) is 2.16. The summed E-state index contributed by atoms with van der Waals surface area (Å²) in [6.07, 6.45) is 0. The minimum atomic E-state index is -4.65. The molecule has 6 nitrogen and oxygen atoms in total. The first-order chi connectivity index (χ1) is 6.52. The van der Waals surface area contributed by atoms with Gasteiger partial charge in [-0.3, -0.25) is 0 Å². The van der Waals surface area contributed by atoms with E-state index >= 15 is 0 Å². The Morgan fingerprint density at radius 2 is 2.00 bits per heavy atom. The van der Waals surface area contributed by atoms with Crippen LogP contribution in [0.1, 0.15) is 0 Å². The summed E-state index contributed by atoms with van der Waals surface area (Å²) < 4.78 is 25.3. The van der Waals surface area contributed by atoms with Gasteiger partial charge in [-0.25, -0.2) is 0 Å². The number of benzene rings is 1. The van der Waals surface area contributed by atoms with E-state index in [9.17, 15) is 12.6 Å². The van der Waals surface area contributed by atoms with E-state index in [2.05, 4.69) is 9.56 Å². The van der Waals surface area contributed by atoms with Crippen molar-refractivity contribution in [3.05, 3.63) is 30.3 Å². The second kappa shape index (κ2) is 4.32. The van der Waals surface area contributed by atoms with Gasteiger partial charge in [-0.2, -0.15) is 0 Å². The van der Waals surface area contributed by atoms with Crippen LogP contribution in [0.3, 0.4) is 0 Å². The second-order valence-corrected chi connectivity index (χ2v) is 6.06. The van der Waals surface area contributed by atoms with E-state index in [-0.39, 0.29) is 4.35 Å². The Morgan fingerprint density at radius 3 is 2.50 bits per heavy atom. The summed E-state index contributed by atoms with van der Waals surface area (Å²) in [5.41, 5.74) is 6.32. The van der Waals surface area contributed by atoms with Crippen molar-refractivity contribution in [1.29, 1.82) is 0 Å². The summed E-state index contributed by atoms with van der Waals surface area (Å²) in [7, 11) is 0. The first kappa shape index (κ1) is 10.8. The molecule has 76 valence electrons. The number of hydroxylamine groups is 1. The molecule has 0 aliphatic rings. The quantitative estimate of drug-likeness (QED) is 0.472. The van der Waals surface area contributed by atoms with Crippen LogP contribution < -0.4 is 15.6 Å². The summed E-state index contributed by atoms with van der Waals surface area (Å²) in [5.74, 6) is 0. The molecule has 0 saturated heterocycles. The third-order valence-electron chi connectivity index (χ3n) is 1.35. The summed E-state index contributed by atoms with van der Waals surface area (Å²) in [4.78, 5) is 10.2. The number of hydrogen-bond donors (Lipinski definition) is 3. The van der Waals surface area contributed by atoms with Crippen LogP contribution in [0.4, 0.5) is 4.79 Å². The number of urea groups is 1. The molecule has 0 fully saturated rings. The topological polar surface area (TPSA) is 102 Å². The van der Waals surface area contributed by atoms with Gasteiger partial charge < -0.3 is 0 Å². The van der Waals surface area contributed by atoms with Crippen molar-refractivity contribution in [1.82, 2.24) is 5.48 Å². The van der Waals surface area contributed by atoms with Crippen LogP contribution in [0.2, 0.25) is 0 Å². The van der Waals surface area contributed by atoms with Crippen molar-refractivity contribution >= 4 is 24.6 Å². The number of rotatable bonds is 3. The molecule has 0 saturated carbocycles. The van der Waals surface area contributed by atoms with Crippen LogP contribution in [0.5, 0.6) is 0 Å². The maximum absolute atomic E-state index is 11.4. The van der Waals surface area contributed by atoms with Crippen molar-refractivity contribution in [3.8, 4) is 0 Å². The molecule has 0 aliphatic carbocycles. The number of amides is 2. The van der Waals surface area contributed by atoms with Gasteiger partial charge in [0.2, 0.25) is 0 Å². The molecule has 1 aromatic rings. The van der Waals surface area contributed by atoms with Crippen LogP contribution in [0.25, 0.3) is 0 Å². The number of nitrogens with two attached hydrogens (primary N) is 1. The van der Waals surface area contributed by atoms with Gasteiger partial charge in [0.1, 0.15) is 0 Å². The Bertz CT molecular complexity index is 367. The van der Waals surface area contributed by atoms with Crippen molar-refractivity contribution in [2.24, 2.45) is 5.73 Å². The summed E-state index contributed by atoms with van der Waals surface area (Å²) in [5, 5.41) is 0. The number of carbonyl (C=O) groups excluding carboxylic acids is 1. The molecular formula is C7H9AsN2O4. The predicted molar refractivity (Wildman–Crippen MR) is 48.5 cm³/mol. The molecule has 0 heterocycles. The monoisotopic (exact) mass is 260 g/mol. The fourth-order valence-corrected chi connectivity index (χ4v) is 2.60. The van der Waals surface area contributed by atoms with Crippen molar-refractivity contribution in [3.63, 3.8) is 0 Å². The van der Waals surface area contributed by atoms with Crippen LogP contribution >= 0.6 is 0 Å².